The number of carbonyl (C=O) groups is 3. The zero-order valence-corrected chi connectivity index (χ0v) is 19.9. The maximum atomic E-state index is 8.81. The molecule has 25 heavy (non-hydrogen) atoms. The molecule has 0 bridgehead atoms. The van der Waals surface area contributed by atoms with Crippen molar-refractivity contribution in [1.82, 2.24) is 0 Å². The first-order chi connectivity index (χ1) is 11.6. The van der Waals surface area contributed by atoms with Crippen LogP contribution in [0.1, 0.15) is 71.1 Å². The monoisotopic (exact) mass is 520 g/mol. The van der Waals surface area contributed by atoms with Crippen LogP contribution < -0.4 is 0 Å². The van der Waals surface area contributed by atoms with Crippen molar-refractivity contribution >= 4 is 76.3 Å². The molecule has 0 spiro atoms. The molecule has 0 unspecified atom stereocenters. The van der Waals surface area contributed by atoms with E-state index in [4.69, 9.17) is 29.7 Å². The molecule has 10 heteroatoms. The summed E-state index contributed by atoms with van der Waals surface area (Å²) in [6, 6.07) is 0. The molecule has 6 nitrogen and oxygen atoms in total. The van der Waals surface area contributed by atoms with Gasteiger partial charge >= 0.3 is 98.1 Å². The first kappa shape index (κ1) is 32.5. The number of hydrogen-bond donors (Lipinski definition) is 3. The Morgan fingerprint density at radius 2 is 0.840 bits per heavy atom. The third-order valence-corrected chi connectivity index (χ3v) is 3.54. The van der Waals surface area contributed by atoms with Gasteiger partial charge in [-0.1, -0.05) is 0 Å². The number of rotatable bonds is 10. The van der Waals surface area contributed by atoms with Gasteiger partial charge in [0.15, 0.2) is 15.9 Å². The molecule has 0 aromatic carbocycles. The molecule has 0 heterocycles. The summed E-state index contributed by atoms with van der Waals surface area (Å²) >= 11 is 12.3. The van der Waals surface area contributed by atoms with E-state index in [2.05, 4.69) is 44.8 Å². The summed E-state index contributed by atoms with van der Waals surface area (Å²) in [4.78, 5) is 26.4. The molecule has 0 saturated carbocycles. The Kier molecular flexibility index (Phi) is 41.1. The topological polar surface area (TPSA) is 112 Å². The average Bonchev–Trinajstić information content (AvgIpc) is 2.44. The summed E-state index contributed by atoms with van der Waals surface area (Å²) < 4.78 is 1.46. The summed E-state index contributed by atoms with van der Waals surface area (Å²) in [7, 11) is 0. The average molecular weight is 519 g/mol. The summed E-state index contributed by atoms with van der Waals surface area (Å²) in [5.41, 5.74) is 0. The Labute approximate surface area is 180 Å². The van der Waals surface area contributed by atoms with Crippen molar-refractivity contribution < 1.29 is 29.7 Å². The van der Waals surface area contributed by atoms with E-state index < -0.39 is 15.9 Å². The summed E-state index contributed by atoms with van der Waals surface area (Å²) in [5.74, 6) is 0. The van der Waals surface area contributed by atoms with Crippen molar-refractivity contribution in [2.24, 2.45) is 0 Å². The minimum atomic E-state index is -1.25. The summed E-state index contributed by atoms with van der Waals surface area (Å²) in [5, 5.41) is 17.9. The Balaban J connectivity index is -0.000000150. The fourth-order valence-corrected chi connectivity index (χ4v) is 2.33. The standard InChI is InChI=1S/C12H25.3CH2O2S.Sn/c1-3-5-7-9-11-12-10-8-6-4-2;3*2-1(3)4;/h1,3-12H2,2H3;3*4H,(H,2,3);/q;;;;+3/p-3. The summed E-state index contributed by atoms with van der Waals surface area (Å²) in [6.45, 7) is 2.28. The van der Waals surface area contributed by atoms with Gasteiger partial charge in [0, 0.05) is 0 Å². The van der Waals surface area contributed by atoms with Crippen LogP contribution in [0.15, 0.2) is 0 Å². The number of carboxylic acid groups (broad SMARTS) is 3. The molecule has 0 aromatic heterocycles. The van der Waals surface area contributed by atoms with Gasteiger partial charge in [0.05, 0.1) is 0 Å². The molecule has 0 fully saturated rings. The van der Waals surface area contributed by atoms with Gasteiger partial charge in [0.25, 0.3) is 0 Å². The van der Waals surface area contributed by atoms with E-state index in [1.807, 2.05) is 0 Å². The van der Waals surface area contributed by atoms with E-state index >= 15 is 0 Å². The van der Waals surface area contributed by atoms with Gasteiger partial charge in [-0.3, -0.25) is 14.4 Å². The van der Waals surface area contributed by atoms with Gasteiger partial charge in [0.2, 0.25) is 0 Å². The number of hydrogen-bond acceptors (Lipinski definition) is 6. The Morgan fingerprint density at radius 1 is 0.640 bits per heavy atom. The van der Waals surface area contributed by atoms with E-state index in [9.17, 15) is 0 Å². The quantitative estimate of drug-likeness (QED) is 0.206. The van der Waals surface area contributed by atoms with Gasteiger partial charge in [-0.2, -0.15) is 0 Å². The van der Waals surface area contributed by atoms with Gasteiger partial charge in [-0.25, -0.2) is 0 Å². The molecular weight excluding hydrogens is 491 g/mol. The third kappa shape index (κ3) is 117. The molecule has 0 radical (unpaired) electrons. The van der Waals surface area contributed by atoms with Crippen LogP contribution in [-0.4, -0.2) is 53.7 Å². The van der Waals surface area contributed by atoms with Crippen LogP contribution in [0.3, 0.4) is 0 Å². The Hall–Kier alpha value is -0.131. The van der Waals surface area contributed by atoms with Gasteiger partial charge in [-0.05, 0) is 0 Å². The molecule has 0 aliphatic rings. The van der Waals surface area contributed by atoms with E-state index in [1.165, 1.54) is 68.6 Å². The van der Waals surface area contributed by atoms with Crippen molar-refractivity contribution in [3.8, 4) is 0 Å². The van der Waals surface area contributed by atoms with Crippen LogP contribution in [0, 0.1) is 0 Å². The van der Waals surface area contributed by atoms with E-state index in [0.29, 0.717) is 0 Å². The van der Waals surface area contributed by atoms with E-state index in [0.717, 1.165) is 0 Å². The van der Waals surface area contributed by atoms with Crippen molar-refractivity contribution in [3.05, 3.63) is 0 Å². The largest absolute Gasteiger partial charge is 0.698 e. The molecule has 0 rings (SSSR count). The fraction of sp³-hybridized carbons (Fsp3) is 0.800. The predicted molar refractivity (Wildman–Crippen MR) is 109 cm³/mol. The van der Waals surface area contributed by atoms with Crippen LogP contribution >= 0.6 is 0 Å². The maximum absolute atomic E-state index is 8.81. The molecule has 0 aromatic rings. The van der Waals surface area contributed by atoms with E-state index in [-0.39, 0.29) is 0 Å². The predicted octanol–water partition coefficient (Wildman–Crippen LogP) is 5.13. The Bertz CT molecular complexity index is 256. The SMILES string of the molecule is CCCCCCCCCCC[CH2][Sn+3].O=C(O)[S-].O=C(O)[S-].O=C(O)[S-]. The van der Waals surface area contributed by atoms with Crippen LogP contribution in [-0.2, 0) is 37.9 Å². The van der Waals surface area contributed by atoms with Crippen molar-refractivity contribution in [2.45, 2.75) is 75.6 Å². The maximum Gasteiger partial charge on any atom is 0.181 e. The minimum absolute atomic E-state index is 1.25. The van der Waals surface area contributed by atoms with E-state index in [1.54, 1.807) is 22.5 Å². The second-order valence-corrected chi connectivity index (χ2v) is 7.20. The second kappa shape index (κ2) is 31.6. The van der Waals surface area contributed by atoms with Gasteiger partial charge in [-0.15, -0.1) is 0 Å². The van der Waals surface area contributed by atoms with Crippen molar-refractivity contribution in [3.63, 3.8) is 0 Å². The minimum Gasteiger partial charge on any atom is -0.698 e. The van der Waals surface area contributed by atoms with Crippen LogP contribution in [0.25, 0.3) is 0 Å². The van der Waals surface area contributed by atoms with Gasteiger partial charge in [0.1, 0.15) is 0 Å². The molecule has 0 amide bonds. The molecule has 0 aliphatic heterocycles. The molecule has 0 saturated heterocycles. The molecule has 146 valence electrons. The molecular formula is C15H28O6S3Sn. The summed E-state index contributed by atoms with van der Waals surface area (Å²) in [6.07, 6.45) is 14.7. The van der Waals surface area contributed by atoms with Crippen molar-refractivity contribution in [1.29, 1.82) is 0 Å². The van der Waals surface area contributed by atoms with Crippen LogP contribution in [0.2, 0.25) is 4.44 Å². The van der Waals surface area contributed by atoms with Crippen molar-refractivity contribution in [2.75, 3.05) is 0 Å². The number of unbranched alkanes of at least 4 members (excludes halogenated alkanes) is 9. The zero-order chi connectivity index (χ0) is 20.5. The Morgan fingerprint density at radius 3 is 1.04 bits per heavy atom. The third-order valence-electron chi connectivity index (χ3n) is 2.53. The van der Waals surface area contributed by atoms with Crippen LogP contribution in [0.4, 0.5) is 14.4 Å². The van der Waals surface area contributed by atoms with Gasteiger partial charge < -0.3 is 53.2 Å². The second-order valence-electron chi connectivity index (χ2n) is 4.73. The normalized spacial score (nSPS) is 8.44. The smallest absolute Gasteiger partial charge is 0.181 e. The fourth-order valence-electron chi connectivity index (χ4n) is 1.61. The first-order valence-corrected chi connectivity index (χ1v) is 11.2. The molecule has 3 N–H and O–H groups in total. The first-order valence-electron chi connectivity index (χ1n) is 7.96. The molecule has 0 aliphatic carbocycles. The molecule has 0 atom stereocenters. The zero-order valence-electron chi connectivity index (χ0n) is 14.6. The van der Waals surface area contributed by atoms with Crippen LogP contribution in [0.5, 0.6) is 0 Å².